The van der Waals surface area contributed by atoms with Crippen molar-refractivity contribution in [2.75, 3.05) is 10.2 Å². The molecule has 0 unspecified atom stereocenters. The number of carbonyl (C=O) groups excluding carboxylic acids is 2. The molecule has 112 valence electrons. The average Bonchev–Trinajstić information content (AvgIpc) is 2.77. The van der Waals surface area contributed by atoms with Crippen LogP contribution in [-0.2, 0) is 9.59 Å². The molecule has 1 aliphatic heterocycles. The van der Waals surface area contributed by atoms with Crippen molar-refractivity contribution in [2.45, 2.75) is 19.4 Å². The van der Waals surface area contributed by atoms with Gasteiger partial charge in [0, 0.05) is 10.2 Å². The number of aryl methyl sites for hydroxylation is 1. The topological polar surface area (TPSA) is 49.4 Å². The van der Waals surface area contributed by atoms with Crippen LogP contribution in [0, 0.1) is 6.92 Å². The molecule has 0 saturated carbocycles. The zero-order valence-electron chi connectivity index (χ0n) is 12.0. The third-order valence-electron chi connectivity index (χ3n) is 3.62. The highest BCUT2D eigenvalue weighted by Gasteiger charge is 2.39. The molecule has 2 aromatic carbocycles. The summed E-state index contributed by atoms with van der Waals surface area (Å²) in [6.07, 6.45) is 0.169. The molecule has 2 aromatic rings. The number of hydrogen-bond acceptors (Lipinski definition) is 3. The third-order valence-corrected chi connectivity index (χ3v) is 4.15. The summed E-state index contributed by atoms with van der Waals surface area (Å²) < 4.78 is 0.966. The van der Waals surface area contributed by atoms with Crippen LogP contribution in [0.15, 0.2) is 53.0 Å². The molecule has 5 heteroatoms. The van der Waals surface area contributed by atoms with Crippen LogP contribution in [0.5, 0.6) is 0 Å². The van der Waals surface area contributed by atoms with Crippen molar-refractivity contribution in [2.24, 2.45) is 0 Å². The molecule has 0 radical (unpaired) electrons. The van der Waals surface area contributed by atoms with Gasteiger partial charge in [-0.25, -0.2) is 4.90 Å². The molecular weight excluding hydrogens is 344 g/mol. The van der Waals surface area contributed by atoms with Crippen LogP contribution < -0.4 is 10.2 Å². The van der Waals surface area contributed by atoms with Gasteiger partial charge in [0.25, 0.3) is 5.91 Å². The molecule has 2 amide bonds. The number of hydrogen-bond donors (Lipinski definition) is 1. The van der Waals surface area contributed by atoms with Crippen molar-refractivity contribution in [3.63, 3.8) is 0 Å². The SMILES string of the molecule is Cc1ccc(N2C(=O)C[C@@H](Nc3ccc(Br)cc3)C2=O)cc1. The van der Waals surface area contributed by atoms with E-state index in [1.165, 1.54) is 4.90 Å². The minimum absolute atomic E-state index is 0.169. The number of nitrogens with one attached hydrogen (secondary N) is 1. The molecule has 0 aromatic heterocycles. The van der Waals surface area contributed by atoms with Gasteiger partial charge in [0.15, 0.2) is 0 Å². The lowest BCUT2D eigenvalue weighted by Gasteiger charge is -2.16. The van der Waals surface area contributed by atoms with Gasteiger partial charge in [0.2, 0.25) is 5.91 Å². The summed E-state index contributed by atoms with van der Waals surface area (Å²) in [6, 6.07) is 14.4. The Morgan fingerprint density at radius 3 is 2.32 bits per heavy atom. The molecular formula is C17H15BrN2O2. The van der Waals surface area contributed by atoms with Crippen LogP contribution >= 0.6 is 15.9 Å². The van der Waals surface area contributed by atoms with Crippen molar-refractivity contribution in [1.82, 2.24) is 0 Å². The Hall–Kier alpha value is -2.14. The number of imide groups is 1. The van der Waals surface area contributed by atoms with E-state index in [2.05, 4.69) is 21.2 Å². The number of nitrogens with zero attached hydrogens (tertiary/aromatic N) is 1. The van der Waals surface area contributed by atoms with Gasteiger partial charge in [-0.15, -0.1) is 0 Å². The zero-order valence-corrected chi connectivity index (χ0v) is 13.6. The smallest absolute Gasteiger partial charge is 0.256 e. The first-order valence-electron chi connectivity index (χ1n) is 7.00. The maximum atomic E-state index is 12.5. The molecule has 1 N–H and O–H groups in total. The van der Waals surface area contributed by atoms with Crippen molar-refractivity contribution in [1.29, 1.82) is 0 Å². The van der Waals surface area contributed by atoms with Gasteiger partial charge in [-0.05, 0) is 43.3 Å². The lowest BCUT2D eigenvalue weighted by atomic mass is 10.2. The molecule has 1 aliphatic rings. The molecule has 0 bridgehead atoms. The predicted octanol–water partition coefficient (Wildman–Crippen LogP) is 3.50. The fourth-order valence-electron chi connectivity index (χ4n) is 2.46. The normalized spacial score (nSPS) is 17.9. The fraction of sp³-hybridized carbons (Fsp3) is 0.176. The van der Waals surface area contributed by atoms with Crippen LogP contribution in [0.25, 0.3) is 0 Å². The first-order valence-corrected chi connectivity index (χ1v) is 7.79. The van der Waals surface area contributed by atoms with Gasteiger partial charge in [0.1, 0.15) is 6.04 Å². The van der Waals surface area contributed by atoms with E-state index in [1.807, 2.05) is 43.3 Å². The van der Waals surface area contributed by atoms with Gasteiger partial charge in [-0.1, -0.05) is 33.6 Å². The Morgan fingerprint density at radius 1 is 1.05 bits per heavy atom. The van der Waals surface area contributed by atoms with Crippen molar-refractivity contribution < 1.29 is 9.59 Å². The Labute approximate surface area is 137 Å². The molecule has 0 spiro atoms. The minimum atomic E-state index is -0.519. The highest BCUT2D eigenvalue weighted by molar-refractivity contribution is 9.10. The van der Waals surface area contributed by atoms with E-state index in [4.69, 9.17) is 0 Å². The van der Waals surface area contributed by atoms with Crippen LogP contribution in [0.1, 0.15) is 12.0 Å². The summed E-state index contributed by atoms with van der Waals surface area (Å²) in [7, 11) is 0. The molecule has 0 aliphatic carbocycles. The number of halogens is 1. The monoisotopic (exact) mass is 358 g/mol. The Balaban J connectivity index is 1.79. The maximum Gasteiger partial charge on any atom is 0.256 e. The van der Waals surface area contributed by atoms with E-state index in [9.17, 15) is 9.59 Å². The molecule has 1 atom stereocenters. The summed E-state index contributed by atoms with van der Waals surface area (Å²) in [5.74, 6) is -0.389. The van der Waals surface area contributed by atoms with Crippen LogP contribution in [0.4, 0.5) is 11.4 Å². The van der Waals surface area contributed by atoms with Crippen LogP contribution in [0.2, 0.25) is 0 Å². The molecule has 1 saturated heterocycles. The lowest BCUT2D eigenvalue weighted by Crippen LogP contribution is -2.34. The Kier molecular flexibility index (Phi) is 3.98. The largest absolute Gasteiger partial charge is 0.373 e. The predicted molar refractivity (Wildman–Crippen MR) is 89.8 cm³/mol. The second kappa shape index (κ2) is 5.93. The summed E-state index contributed by atoms with van der Waals surface area (Å²) in [5.41, 5.74) is 2.54. The van der Waals surface area contributed by atoms with Crippen LogP contribution in [0.3, 0.4) is 0 Å². The first-order chi connectivity index (χ1) is 10.5. The molecule has 3 rings (SSSR count). The number of rotatable bonds is 3. The standard InChI is InChI=1S/C17H15BrN2O2/c1-11-2-8-14(9-3-11)20-16(21)10-15(17(20)22)19-13-6-4-12(18)5-7-13/h2-9,15,19H,10H2,1H3/t15-/m1/s1. The van der Waals surface area contributed by atoms with Crippen molar-refractivity contribution >= 4 is 39.1 Å². The maximum absolute atomic E-state index is 12.5. The van der Waals surface area contributed by atoms with Crippen molar-refractivity contribution in [3.8, 4) is 0 Å². The van der Waals surface area contributed by atoms with Crippen molar-refractivity contribution in [3.05, 3.63) is 58.6 Å². The number of carbonyl (C=O) groups is 2. The van der Waals surface area contributed by atoms with Gasteiger partial charge in [-0.2, -0.15) is 0 Å². The molecule has 4 nitrogen and oxygen atoms in total. The molecule has 22 heavy (non-hydrogen) atoms. The molecule has 1 heterocycles. The van der Waals surface area contributed by atoms with Crippen LogP contribution in [-0.4, -0.2) is 17.9 Å². The average molecular weight is 359 g/mol. The number of benzene rings is 2. The second-order valence-electron chi connectivity index (χ2n) is 5.31. The van der Waals surface area contributed by atoms with E-state index in [0.29, 0.717) is 5.69 Å². The summed E-state index contributed by atoms with van der Waals surface area (Å²) in [4.78, 5) is 25.9. The van der Waals surface area contributed by atoms with E-state index in [0.717, 1.165) is 15.7 Å². The Bertz CT molecular complexity index is 710. The Morgan fingerprint density at radius 2 is 1.68 bits per heavy atom. The number of anilines is 2. The summed E-state index contributed by atoms with van der Waals surface area (Å²) >= 11 is 3.37. The van der Waals surface area contributed by atoms with Gasteiger partial charge < -0.3 is 5.32 Å². The second-order valence-corrected chi connectivity index (χ2v) is 6.23. The van der Waals surface area contributed by atoms with E-state index in [1.54, 1.807) is 12.1 Å². The lowest BCUT2D eigenvalue weighted by molar-refractivity contribution is -0.121. The number of amides is 2. The van der Waals surface area contributed by atoms with Gasteiger partial charge >= 0.3 is 0 Å². The van der Waals surface area contributed by atoms with Gasteiger partial charge in [-0.3, -0.25) is 9.59 Å². The molecule has 1 fully saturated rings. The van der Waals surface area contributed by atoms with E-state index >= 15 is 0 Å². The highest BCUT2D eigenvalue weighted by atomic mass is 79.9. The van der Waals surface area contributed by atoms with E-state index < -0.39 is 6.04 Å². The quantitative estimate of drug-likeness (QED) is 0.854. The zero-order chi connectivity index (χ0) is 15.7. The minimum Gasteiger partial charge on any atom is -0.373 e. The third kappa shape index (κ3) is 2.90. The van der Waals surface area contributed by atoms with Gasteiger partial charge in [0.05, 0.1) is 12.1 Å². The highest BCUT2D eigenvalue weighted by Crippen LogP contribution is 2.25. The fourth-order valence-corrected chi connectivity index (χ4v) is 2.72. The summed E-state index contributed by atoms with van der Waals surface area (Å²) in [6.45, 7) is 1.97. The summed E-state index contributed by atoms with van der Waals surface area (Å²) in [5, 5.41) is 3.13. The van der Waals surface area contributed by atoms with E-state index in [-0.39, 0.29) is 18.2 Å². The first kappa shape index (κ1) is 14.8.